The number of carbonyl (C=O) groups excluding carboxylic acids is 4. The highest BCUT2D eigenvalue weighted by molar-refractivity contribution is 5.90. The van der Waals surface area contributed by atoms with E-state index in [1.165, 1.54) is 4.90 Å². The maximum Gasteiger partial charge on any atom is 0.261 e. The van der Waals surface area contributed by atoms with Crippen LogP contribution in [0.25, 0.3) is 0 Å². The van der Waals surface area contributed by atoms with E-state index in [1.807, 2.05) is 23.1 Å². The van der Waals surface area contributed by atoms with Gasteiger partial charge in [-0.05, 0) is 36.2 Å². The van der Waals surface area contributed by atoms with Gasteiger partial charge in [-0.3, -0.25) is 24.1 Å². The van der Waals surface area contributed by atoms with Crippen molar-refractivity contribution in [3.05, 3.63) is 65.7 Å². The summed E-state index contributed by atoms with van der Waals surface area (Å²) in [6.45, 7) is 0.475. The third-order valence-corrected chi connectivity index (χ3v) is 9.27. The van der Waals surface area contributed by atoms with Crippen LogP contribution in [0.4, 0.5) is 0 Å². The fraction of sp³-hybridized carbons (Fsp3) is 0.485. The number of amides is 4. The average Bonchev–Trinajstić information content (AvgIpc) is 3.60. The van der Waals surface area contributed by atoms with Gasteiger partial charge in [0.2, 0.25) is 17.7 Å². The van der Waals surface area contributed by atoms with E-state index in [1.54, 1.807) is 41.3 Å². The quantitative estimate of drug-likeness (QED) is 0.306. The molecule has 0 aromatic heterocycles. The molecule has 4 amide bonds. The second-order valence-corrected chi connectivity index (χ2v) is 12.4. The van der Waals surface area contributed by atoms with E-state index in [-0.39, 0.29) is 57.1 Å². The number of likely N-dealkylation sites (tertiary alicyclic amines) is 1. The first kappa shape index (κ1) is 32.4. The number of nitrogens with one attached hydrogen (secondary N) is 2. The van der Waals surface area contributed by atoms with Crippen molar-refractivity contribution in [2.45, 2.75) is 61.9 Å². The van der Waals surface area contributed by atoms with Gasteiger partial charge in [-0.15, -0.1) is 0 Å². The number of rotatable bonds is 5. The van der Waals surface area contributed by atoms with Crippen LogP contribution in [0, 0.1) is 11.3 Å². The lowest BCUT2D eigenvalue weighted by Gasteiger charge is -2.42. The van der Waals surface area contributed by atoms with Crippen LogP contribution in [0.3, 0.4) is 0 Å². The zero-order valence-electron chi connectivity index (χ0n) is 25.7. The van der Waals surface area contributed by atoms with Crippen molar-refractivity contribution in [2.75, 3.05) is 39.3 Å². The Bertz CT molecular complexity index is 1520. The van der Waals surface area contributed by atoms with E-state index in [2.05, 4.69) is 16.7 Å². The number of carbonyl (C=O) groups is 4. The molecule has 2 aromatic carbocycles. The highest BCUT2D eigenvalue weighted by Crippen LogP contribution is 2.27. The lowest BCUT2D eigenvalue weighted by molar-refractivity contribution is -0.151. The van der Waals surface area contributed by atoms with Crippen molar-refractivity contribution in [3.8, 4) is 11.8 Å². The highest BCUT2D eigenvalue weighted by atomic mass is 16.5. The average molecular weight is 647 g/mol. The Morgan fingerprint density at radius 3 is 2.47 bits per heavy atom. The number of benzene rings is 2. The summed E-state index contributed by atoms with van der Waals surface area (Å²) in [6, 6.07) is 15.9. The first-order chi connectivity index (χ1) is 22.7. The summed E-state index contributed by atoms with van der Waals surface area (Å²) >= 11 is 0. The molecule has 6 rings (SSSR count). The smallest absolute Gasteiger partial charge is 0.261 e. The molecular weight excluding hydrogens is 608 g/mol. The van der Waals surface area contributed by atoms with Crippen LogP contribution in [-0.2, 0) is 30.5 Å². The number of piperazine rings is 1. The molecule has 4 heterocycles. The summed E-state index contributed by atoms with van der Waals surface area (Å²) in [4.78, 5) is 59.2. The maximum absolute atomic E-state index is 14.2. The third-order valence-electron chi connectivity index (χ3n) is 9.27. The van der Waals surface area contributed by atoms with Crippen LogP contribution < -0.4 is 15.4 Å². The lowest BCUT2D eigenvalue weighted by Crippen LogP contribution is -2.64. The number of ether oxygens (including phenoxy) is 2. The van der Waals surface area contributed by atoms with Crippen LogP contribution in [-0.4, -0.2) is 130 Å². The Hall–Kier alpha value is -4.55. The summed E-state index contributed by atoms with van der Waals surface area (Å²) in [5, 5.41) is 36.2. The minimum Gasteiger partial charge on any atom is -0.484 e. The molecule has 0 spiro atoms. The van der Waals surface area contributed by atoms with Crippen molar-refractivity contribution in [2.24, 2.45) is 0 Å². The van der Waals surface area contributed by atoms with E-state index in [4.69, 9.17) is 9.47 Å². The normalized spacial score (nSPS) is 30.0. The minimum absolute atomic E-state index is 0.0701. The molecule has 0 radical (unpaired) electrons. The molecule has 0 unspecified atom stereocenters. The van der Waals surface area contributed by atoms with Gasteiger partial charge in [-0.2, -0.15) is 5.26 Å². The third kappa shape index (κ3) is 7.23. The highest BCUT2D eigenvalue weighted by Gasteiger charge is 2.47. The first-order valence-electron chi connectivity index (χ1n) is 15.8. The number of nitrogens with zero attached hydrogens (tertiary/aromatic N) is 4. The van der Waals surface area contributed by atoms with Crippen LogP contribution in [0.5, 0.6) is 5.75 Å². The van der Waals surface area contributed by atoms with Crippen molar-refractivity contribution in [3.63, 3.8) is 0 Å². The second kappa shape index (κ2) is 14.1. The predicted molar refractivity (Wildman–Crippen MR) is 164 cm³/mol. The Balaban J connectivity index is 1.25. The largest absolute Gasteiger partial charge is 0.484 e. The second-order valence-electron chi connectivity index (χ2n) is 12.4. The topological polar surface area (TPSA) is 185 Å². The van der Waals surface area contributed by atoms with Gasteiger partial charge in [0.25, 0.3) is 5.91 Å². The SMILES string of the molecule is N#Cc1ccc(CN2C[C@@H]3C[C@H]2C(=O)N2CCN(C(=O)COc4ccccc4)[C@@H](C2)C(=O)NC[C@H]2O[C@@H](CC(=O)N3)[C@H](O)[C@@H]2O)cc1. The van der Waals surface area contributed by atoms with Gasteiger partial charge in [0, 0.05) is 38.8 Å². The van der Waals surface area contributed by atoms with Crippen LogP contribution >= 0.6 is 0 Å². The van der Waals surface area contributed by atoms with Gasteiger partial charge >= 0.3 is 0 Å². The van der Waals surface area contributed by atoms with Crippen molar-refractivity contribution in [1.29, 1.82) is 5.26 Å². The minimum atomic E-state index is -1.34. The molecule has 4 N–H and O–H groups in total. The molecule has 248 valence electrons. The van der Waals surface area contributed by atoms with Crippen LogP contribution in [0.15, 0.2) is 54.6 Å². The van der Waals surface area contributed by atoms with Gasteiger partial charge in [0.15, 0.2) is 6.61 Å². The number of nitriles is 1. The zero-order valence-corrected chi connectivity index (χ0v) is 25.7. The molecule has 14 nitrogen and oxygen atoms in total. The molecule has 47 heavy (non-hydrogen) atoms. The predicted octanol–water partition coefficient (Wildman–Crippen LogP) is -1.26. The summed E-state index contributed by atoms with van der Waals surface area (Å²) in [5.74, 6) is -1.08. The Labute approximate surface area is 271 Å². The monoisotopic (exact) mass is 646 g/mol. The van der Waals surface area contributed by atoms with Gasteiger partial charge in [0.1, 0.15) is 30.1 Å². The summed E-state index contributed by atoms with van der Waals surface area (Å²) in [7, 11) is 0. The Kier molecular flexibility index (Phi) is 9.69. The van der Waals surface area contributed by atoms with Gasteiger partial charge in [-0.1, -0.05) is 30.3 Å². The van der Waals surface area contributed by atoms with Crippen molar-refractivity contribution < 1.29 is 38.9 Å². The molecule has 4 saturated heterocycles. The standard InChI is InChI=1S/C33H38N6O8/c34-14-20-6-8-21(9-7-20)16-38-17-22-12-24(38)33(45)37-10-11-39(29(41)19-46-23-4-2-1-3-5-23)25(18-37)32(44)35-15-27-31(43)30(42)26(47-27)13-28(40)36-22/h1-9,22,24-27,30-31,42-43H,10-13,15-19H2,(H,35,44)(H,36,40)/t22-,24-,25-,26-,27+,30-,31+/m0/s1. The molecule has 4 aliphatic rings. The van der Waals surface area contributed by atoms with Crippen LogP contribution in [0.2, 0.25) is 0 Å². The van der Waals surface area contributed by atoms with E-state index < -0.39 is 48.3 Å². The lowest BCUT2D eigenvalue weighted by atomic mass is 10.0. The van der Waals surface area contributed by atoms with Gasteiger partial charge < -0.3 is 40.1 Å². The number of aliphatic hydroxyl groups is 2. The molecule has 0 aliphatic carbocycles. The Morgan fingerprint density at radius 2 is 1.72 bits per heavy atom. The fourth-order valence-electron chi connectivity index (χ4n) is 6.77. The number of aliphatic hydroxyl groups excluding tert-OH is 2. The Morgan fingerprint density at radius 1 is 0.979 bits per heavy atom. The van der Waals surface area contributed by atoms with Gasteiger partial charge in [0.05, 0.1) is 36.7 Å². The van der Waals surface area contributed by atoms with Crippen LogP contribution in [0.1, 0.15) is 24.0 Å². The molecule has 4 fully saturated rings. The van der Waals surface area contributed by atoms with E-state index >= 15 is 0 Å². The molecule has 0 saturated carbocycles. The van der Waals surface area contributed by atoms with E-state index in [9.17, 15) is 34.7 Å². The molecule has 4 aliphatic heterocycles. The fourth-order valence-corrected chi connectivity index (χ4v) is 6.77. The van der Waals surface area contributed by atoms with E-state index in [0.717, 1.165) is 5.56 Å². The molecular formula is C33H38N6O8. The molecule has 7 atom stereocenters. The maximum atomic E-state index is 14.2. The number of hydrogen-bond donors (Lipinski definition) is 4. The molecule has 6 bridgehead atoms. The zero-order chi connectivity index (χ0) is 33.1. The number of fused-ring (bicyclic) bond motifs is 6. The van der Waals surface area contributed by atoms with Crippen molar-refractivity contribution >= 4 is 23.6 Å². The summed E-state index contributed by atoms with van der Waals surface area (Å²) in [5.41, 5.74) is 1.40. The van der Waals surface area contributed by atoms with E-state index in [0.29, 0.717) is 30.8 Å². The molecule has 2 aromatic rings. The first-order valence-corrected chi connectivity index (χ1v) is 15.8. The number of para-hydroxylation sites is 1. The van der Waals surface area contributed by atoms with Gasteiger partial charge in [-0.25, -0.2) is 0 Å². The number of hydrogen-bond acceptors (Lipinski definition) is 10. The summed E-state index contributed by atoms with van der Waals surface area (Å²) in [6.07, 6.45) is -4.57. The molecule has 14 heteroatoms. The summed E-state index contributed by atoms with van der Waals surface area (Å²) < 4.78 is 11.5. The van der Waals surface area contributed by atoms with Crippen molar-refractivity contribution in [1.82, 2.24) is 25.3 Å².